The normalized spacial score (nSPS) is 11.1. The van der Waals surface area contributed by atoms with Gasteiger partial charge in [0.25, 0.3) is 0 Å². The number of fused-ring (bicyclic) bond motifs is 1. The second-order valence-corrected chi connectivity index (χ2v) is 7.92. The van der Waals surface area contributed by atoms with E-state index in [1.54, 1.807) is 21.7 Å². The molecule has 0 unspecified atom stereocenters. The Morgan fingerprint density at radius 2 is 1.61 bits per heavy atom. The summed E-state index contributed by atoms with van der Waals surface area (Å²) >= 11 is 0. The van der Waals surface area contributed by atoms with Gasteiger partial charge in [-0.1, -0.05) is 35.9 Å². The highest BCUT2D eigenvalue weighted by Gasteiger charge is 2.19. The van der Waals surface area contributed by atoms with Gasteiger partial charge in [-0.15, -0.1) is 0 Å². The summed E-state index contributed by atoms with van der Waals surface area (Å²) in [6.45, 7) is 6.94. The third kappa shape index (κ3) is 4.46. The van der Waals surface area contributed by atoms with E-state index in [2.05, 4.69) is 0 Å². The lowest BCUT2D eigenvalue weighted by Gasteiger charge is -2.20. The number of carbonyl (C=O) groups is 1. The predicted molar refractivity (Wildman–Crippen MR) is 127 cm³/mol. The van der Waals surface area contributed by atoms with E-state index in [1.165, 1.54) is 18.2 Å². The molecule has 0 aliphatic carbocycles. The summed E-state index contributed by atoms with van der Waals surface area (Å²) in [7, 11) is 0. The molecule has 1 amide bonds. The molecule has 0 N–H and O–H groups in total. The zero-order valence-corrected chi connectivity index (χ0v) is 18.9. The Labute approximate surface area is 192 Å². The van der Waals surface area contributed by atoms with Crippen LogP contribution in [0, 0.1) is 18.6 Å². The first-order valence-electron chi connectivity index (χ1n) is 11.0. The number of aryl methyl sites for hydroxylation is 1. The van der Waals surface area contributed by atoms with E-state index in [-0.39, 0.29) is 12.1 Å². The van der Waals surface area contributed by atoms with Crippen LogP contribution < -0.4 is 4.74 Å². The zero-order chi connectivity index (χ0) is 23.5. The van der Waals surface area contributed by atoms with E-state index in [4.69, 9.17) is 4.74 Å². The number of aromatic nitrogens is 1. The van der Waals surface area contributed by atoms with Crippen LogP contribution in [0.5, 0.6) is 5.75 Å². The van der Waals surface area contributed by atoms with Gasteiger partial charge in [0.1, 0.15) is 17.4 Å². The van der Waals surface area contributed by atoms with Gasteiger partial charge in [0.15, 0.2) is 0 Å². The van der Waals surface area contributed by atoms with E-state index in [0.29, 0.717) is 18.8 Å². The SMILES string of the molecule is CCN(CC)C(=O)Oc1ccc2c(ccn2Cc2c(F)cccc2F)c1-c1ccc(C)cc1. The highest BCUT2D eigenvalue weighted by molar-refractivity contribution is 5.99. The quantitative estimate of drug-likeness (QED) is 0.326. The number of carbonyl (C=O) groups excluding carboxylic acids is 1. The number of halogens is 2. The lowest BCUT2D eigenvalue weighted by molar-refractivity contribution is 0.157. The number of ether oxygens (including phenoxy) is 1. The number of nitrogens with zero attached hydrogens (tertiary/aromatic N) is 2. The summed E-state index contributed by atoms with van der Waals surface area (Å²) in [6.07, 6.45) is 1.38. The van der Waals surface area contributed by atoms with Crippen molar-refractivity contribution in [3.8, 4) is 16.9 Å². The van der Waals surface area contributed by atoms with Crippen molar-refractivity contribution in [1.82, 2.24) is 9.47 Å². The molecule has 4 rings (SSSR count). The van der Waals surface area contributed by atoms with Gasteiger partial charge in [0.05, 0.1) is 6.54 Å². The lowest BCUT2D eigenvalue weighted by atomic mass is 9.99. The second-order valence-electron chi connectivity index (χ2n) is 7.92. The summed E-state index contributed by atoms with van der Waals surface area (Å²) in [5.41, 5.74) is 3.56. The lowest BCUT2D eigenvalue weighted by Crippen LogP contribution is -2.33. The average molecular weight is 449 g/mol. The third-order valence-corrected chi connectivity index (χ3v) is 5.86. The van der Waals surface area contributed by atoms with Crippen LogP contribution in [0.15, 0.2) is 66.9 Å². The van der Waals surface area contributed by atoms with Crippen LogP contribution >= 0.6 is 0 Å². The average Bonchev–Trinajstić information content (AvgIpc) is 3.20. The molecule has 0 fully saturated rings. The zero-order valence-electron chi connectivity index (χ0n) is 18.9. The molecule has 1 heterocycles. The molecule has 33 heavy (non-hydrogen) atoms. The molecule has 4 nitrogen and oxygen atoms in total. The summed E-state index contributed by atoms with van der Waals surface area (Å²) in [5, 5.41) is 0.834. The highest BCUT2D eigenvalue weighted by Crippen LogP contribution is 2.38. The van der Waals surface area contributed by atoms with Crippen LogP contribution in [0.1, 0.15) is 25.0 Å². The van der Waals surface area contributed by atoms with Crippen LogP contribution in [0.3, 0.4) is 0 Å². The number of hydrogen-bond acceptors (Lipinski definition) is 2. The van der Waals surface area contributed by atoms with Crippen molar-refractivity contribution in [2.45, 2.75) is 27.3 Å². The Balaban J connectivity index is 1.83. The minimum Gasteiger partial charge on any atom is -0.410 e. The van der Waals surface area contributed by atoms with Gasteiger partial charge in [-0.05, 0) is 56.7 Å². The molecule has 0 aliphatic rings. The van der Waals surface area contributed by atoms with Gasteiger partial charge in [-0.3, -0.25) is 0 Å². The summed E-state index contributed by atoms with van der Waals surface area (Å²) in [5.74, 6) is -0.723. The Kier molecular flexibility index (Phi) is 6.45. The van der Waals surface area contributed by atoms with Crippen molar-refractivity contribution in [2.75, 3.05) is 13.1 Å². The molecule has 0 spiro atoms. The van der Waals surface area contributed by atoms with Gasteiger partial charge in [-0.25, -0.2) is 13.6 Å². The van der Waals surface area contributed by atoms with Crippen molar-refractivity contribution >= 4 is 17.0 Å². The smallest absolute Gasteiger partial charge is 0.410 e. The number of hydrogen-bond donors (Lipinski definition) is 0. The minimum absolute atomic E-state index is 0.00363. The molecule has 4 aromatic rings. The standard InChI is InChI=1S/C27H26F2N2O2/c1-4-30(5-2)27(32)33-25-14-13-24-20(26(25)19-11-9-18(3)10-12-19)15-16-31(24)17-21-22(28)7-6-8-23(21)29/h6-16H,4-5,17H2,1-3H3. The van der Waals surface area contributed by atoms with Crippen molar-refractivity contribution < 1.29 is 18.3 Å². The van der Waals surface area contributed by atoms with E-state index in [1.807, 2.05) is 57.2 Å². The van der Waals surface area contributed by atoms with Gasteiger partial charge >= 0.3 is 6.09 Å². The number of benzene rings is 3. The van der Waals surface area contributed by atoms with E-state index in [0.717, 1.165) is 27.6 Å². The van der Waals surface area contributed by atoms with E-state index >= 15 is 0 Å². The number of amides is 1. The molecule has 1 aromatic heterocycles. The minimum atomic E-state index is -0.583. The van der Waals surface area contributed by atoms with Crippen molar-refractivity contribution in [2.24, 2.45) is 0 Å². The maximum absolute atomic E-state index is 14.3. The van der Waals surface area contributed by atoms with Crippen LogP contribution in [0.2, 0.25) is 0 Å². The maximum Gasteiger partial charge on any atom is 0.415 e. The predicted octanol–water partition coefficient (Wildman–Crippen LogP) is 6.78. The van der Waals surface area contributed by atoms with Gasteiger partial charge in [0.2, 0.25) is 0 Å². The fourth-order valence-corrected chi connectivity index (χ4v) is 3.99. The summed E-state index contributed by atoms with van der Waals surface area (Å²) in [4.78, 5) is 14.3. The first kappa shape index (κ1) is 22.5. The Morgan fingerprint density at radius 3 is 2.24 bits per heavy atom. The van der Waals surface area contributed by atoms with Crippen LogP contribution in [0.25, 0.3) is 22.0 Å². The van der Waals surface area contributed by atoms with Crippen LogP contribution in [-0.2, 0) is 6.54 Å². The molecular formula is C27H26F2N2O2. The van der Waals surface area contributed by atoms with Crippen LogP contribution in [-0.4, -0.2) is 28.6 Å². The molecule has 0 bridgehead atoms. The molecule has 0 radical (unpaired) electrons. The topological polar surface area (TPSA) is 34.5 Å². The van der Waals surface area contributed by atoms with Gasteiger partial charge < -0.3 is 14.2 Å². The Hall–Kier alpha value is -3.67. The molecule has 0 saturated carbocycles. The molecule has 0 aliphatic heterocycles. The monoisotopic (exact) mass is 448 g/mol. The maximum atomic E-state index is 14.3. The third-order valence-electron chi connectivity index (χ3n) is 5.86. The first-order chi connectivity index (χ1) is 15.9. The Morgan fingerprint density at radius 1 is 0.939 bits per heavy atom. The summed E-state index contributed by atoms with van der Waals surface area (Å²) in [6, 6.07) is 17.3. The molecular weight excluding hydrogens is 422 g/mol. The van der Waals surface area contributed by atoms with Gasteiger partial charge in [0, 0.05) is 41.3 Å². The fraction of sp³-hybridized carbons (Fsp3) is 0.222. The highest BCUT2D eigenvalue weighted by atomic mass is 19.1. The molecule has 170 valence electrons. The van der Waals surface area contributed by atoms with E-state index in [9.17, 15) is 13.6 Å². The molecule has 3 aromatic carbocycles. The van der Waals surface area contributed by atoms with Crippen LogP contribution in [0.4, 0.5) is 13.6 Å². The van der Waals surface area contributed by atoms with E-state index < -0.39 is 17.7 Å². The first-order valence-corrected chi connectivity index (χ1v) is 11.0. The Bertz CT molecular complexity index is 1270. The second kappa shape index (κ2) is 9.45. The largest absolute Gasteiger partial charge is 0.415 e. The van der Waals surface area contributed by atoms with Crippen molar-refractivity contribution in [3.63, 3.8) is 0 Å². The number of rotatable bonds is 6. The summed E-state index contributed by atoms with van der Waals surface area (Å²) < 4.78 is 36.1. The molecule has 0 saturated heterocycles. The molecule has 0 atom stereocenters. The van der Waals surface area contributed by atoms with Gasteiger partial charge in [-0.2, -0.15) is 0 Å². The fourth-order valence-electron chi connectivity index (χ4n) is 3.99. The van der Waals surface area contributed by atoms with Crippen molar-refractivity contribution in [1.29, 1.82) is 0 Å². The van der Waals surface area contributed by atoms with Crippen molar-refractivity contribution in [3.05, 3.63) is 89.6 Å². The molecule has 6 heteroatoms.